The van der Waals surface area contributed by atoms with E-state index in [1.54, 1.807) is 13.0 Å². The molecule has 4 unspecified atom stereocenters. The zero-order valence-electron chi connectivity index (χ0n) is 19.8. The third kappa shape index (κ3) is 6.76. The molecule has 3 rings (SSSR count). The maximum Gasteiger partial charge on any atom is 0.417 e. The van der Waals surface area contributed by atoms with E-state index in [1.165, 1.54) is 19.3 Å². The number of rotatable bonds is 12. The monoisotopic (exact) mass is 489 g/mol. The van der Waals surface area contributed by atoms with Crippen molar-refractivity contribution in [2.24, 2.45) is 0 Å². The Bertz CT molecular complexity index is 930. The van der Waals surface area contributed by atoms with Gasteiger partial charge in [0, 0.05) is 7.11 Å². The SMILES string of the molecule is COC(C(=O)N1C(=O)OC(c2ccccc2)C1C)C1OC(=CCCOCCOCCO)C=CC1=O. The number of hydrogen-bond donors (Lipinski definition) is 1. The van der Waals surface area contributed by atoms with Crippen LogP contribution in [0.4, 0.5) is 4.79 Å². The van der Waals surface area contributed by atoms with Crippen molar-refractivity contribution >= 4 is 17.8 Å². The predicted molar refractivity (Wildman–Crippen MR) is 123 cm³/mol. The van der Waals surface area contributed by atoms with E-state index in [-0.39, 0.29) is 13.2 Å². The number of nitrogens with zero attached hydrogens (tertiary/aromatic N) is 1. The third-order valence-corrected chi connectivity index (χ3v) is 5.58. The molecule has 0 radical (unpaired) electrons. The predicted octanol–water partition coefficient (Wildman–Crippen LogP) is 1.93. The third-order valence-electron chi connectivity index (χ3n) is 5.58. The number of aliphatic hydroxyl groups is 1. The van der Waals surface area contributed by atoms with Crippen LogP contribution in [-0.2, 0) is 33.3 Å². The molecule has 2 aliphatic rings. The molecule has 1 aromatic rings. The highest BCUT2D eigenvalue weighted by Gasteiger charge is 2.48. The summed E-state index contributed by atoms with van der Waals surface area (Å²) < 4.78 is 27.1. The van der Waals surface area contributed by atoms with Crippen LogP contribution in [0.25, 0.3) is 0 Å². The van der Waals surface area contributed by atoms with Crippen molar-refractivity contribution in [3.05, 3.63) is 59.9 Å². The zero-order chi connectivity index (χ0) is 25.2. The van der Waals surface area contributed by atoms with E-state index in [0.717, 1.165) is 10.5 Å². The first-order valence-corrected chi connectivity index (χ1v) is 11.4. The maximum atomic E-state index is 13.3. The van der Waals surface area contributed by atoms with Crippen molar-refractivity contribution in [1.82, 2.24) is 4.90 Å². The Kier molecular flexibility index (Phi) is 9.98. The van der Waals surface area contributed by atoms with E-state index in [4.69, 9.17) is 28.8 Å². The number of benzene rings is 1. The number of cyclic esters (lactones) is 1. The van der Waals surface area contributed by atoms with E-state index >= 15 is 0 Å². The van der Waals surface area contributed by atoms with Gasteiger partial charge in [-0.1, -0.05) is 30.3 Å². The van der Waals surface area contributed by atoms with Gasteiger partial charge in [0.15, 0.2) is 18.0 Å². The summed E-state index contributed by atoms with van der Waals surface area (Å²) in [5.41, 5.74) is 0.762. The first kappa shape index (κ1) is 26.6. The number of carbonyl (C=O) groups excluding carboxylic acids is 3. The van der Waals surface area contributed by atoms with Crippen LogP contribution in [-0.4, -0.2) is 86.2 Å². The summed E-state index contributed by atoms with van der Waals surface area (Å²) in [6.45, 7) is 3.09. The number of hydrogen-bond acceptors (Lipinski definition) is 9. The summed E-state index contributed by atoms with van der Waals surface area (Å²) in [6, 6.07) is 8.53. The molecule has 1 N–H and O–H groups in total. The molecule has 0 spiro atoms. The minimum Gasteiger partial charge on any atom is -0.479 e. The average Bonchev–Trinajstić information content (AvgIpc) is 3.17. The minimum atomic E-state index is -1.33. The summed E-state index contributed by atoms with van der Waals surface area (Å²) >= 11 is 0. The van der Waals surface area contributed by atoms with Crippen molar-refractivity contribution < 1.29 is 43.2 Å². The lowest BCUT2D eigenvalue weighted by molar-refractivity contribution is -0.153. The first-order valence-electron chi connectivity index (χ1n) is 11.4. The van der Waals surface area contributed by atoms with Gasteiger partial charge in [-0.15, -0.1) is 0 Å². The van der Waals surface area contributed by atoms with Gasteiger partial charge in [-0.3, -0.25) is 9.59 Å². The molecule has 1 aromatic carbocycles. The number of ether oxygens (including phenoxy) is 5. The quantitative estimate of drug-likeness (QED) is 0.439. The van der Waals surface area contributed by atoms with Gasteiger partial charge in [0.2, 0.25) is 0 Å². The van der Waals surface area contributed by atoms with Crippen molar-refractivity contribution in [3.8, 4) is 0 Å². The zero-order valence-corrected chi connectivity index (χ0v) is 19.8. The number of aliphatic hydroxyl groups excluding tert-OH is 1. The second kappa shape index (κ2) is 13.1. The lowest BCUT2D eigenvalue weighted by Crippen LogP contribution is -2.52. The van der Waals surface area contributed by atoms with Crippen LogP contribution >= 0.6 is 0 Å². The Morgan fingerprint density at radius 3 is 2.49 bits per heavy atom. The molecular formula is C25H31NO9. The van der Waals surface area contributed by atoms with Crippen LogP contribution in [0.15, 0.2) is 54.3 Å². The molecule has 2 heterocycles. The average molecular weight is 490 g/mol. The molecular weight excluding hydrogens is 458 g/mol. The number of amides is 2. The van der Waals surface area contributed by atoms with Gasteiger partial charge in [-0.2, -0.15) is 0 Å². The van der Waals surface area contributed by atoms with E-state index in [9.17, 15) is 14.4 Å². The van der Waals surface area contributed by atoms with Crippen LogP contribution in [0.2, 0.25) is 0 Å². The number of methoxy groups -OCH3 is 1. The van der Waals surface area contributed by atoms with Crippen molar-refractivity contribution in [1.29, 1.82) is 0 Å². The molecule has 2 amide bonds. The fourth-order valence-electron chi connectivity index (χ4n) is 3.84. The molecule has 35 heavy (non-hydrogen) atoms. The number of carbonyl (C=O) groups is 3. The van der Waals surface area contributed by atoms with Crippen molar-refractivity contribution in [3.63, 3.8) is 0 Å². The van der Waals surface area contributed by atoms with Gasteiger partial charge in [-0.05, 0) is 37.1 Å². The van der Waals surface area contributed by atoms with Crippen molar-refractivity contribution in [2.75, 3.05) is 40.1 Å². The molecule has 190 valence electrons. The van der Waals surface area contributed by atoms with E-state index in [2.05, 4.69) is 0 Å². The van der Waals surface area contributed by atoms with Gasteiger partial charge in [0.1, 0.15) is 11.9 Å². The van der Waals surface area contributed by atoms with Gasteiger partial charge < -0.3 is 28.8 Å². The maximum absolute atomic E-state index is 13.3. The fraction of sp³-hybridized carbons (Fsp3) is 0.480. The Morgan fingerprint density at radius 2 is 1.80 bits per heavy atom. The van der Waals surface area contributed by atoms with Crippen LogP contribution in [0.5, 0.6) is 0 Å². The topological polar surface area (TPSA) is 121 Å². The first-order chi connectivity index (χ1) is 17.0. The summed E-state index contributed by atoms with van der Waals surface area (Å²) in [4.78, 5) is 39.4. The second-order valence-electron chi connectivity index (χ2n) is 7.94. The molecule has 0 aromatic heterocycles. The molecule has 0 saturated carbocycles. The lowest BCUT2D eigenvalue weighted by Gasteiger charge is -2.30. The van der Waals surface area contributed by atoms with Crippen molar-refractivity contribution in [2.45, 2.75) is 37.7 Å². The summed E-state index contributed by atoms with van der Waals surface area (Å²) in [7, 11) is 1.29. The highest BCUT2D eigenvalue weighted by atomic mass is 16.6. The molecule has 2 aliphatic heterocycles. The lowest BCUT2D eigenvalue weighted by atomic mass is 10.0. The van der Waals surface area contributed by atoms with Gasteiger partial charge in [-0.25, -0.2) is 9.69 Å². The Labute approximate surface area is 204 Å². The van der Waals surface area contributed by atoms with Crippen LogP contribution in [0.1, 0.15) is 25.0 Å². The molecule has 10 nitrogen and oxygen atoms in total. The number of imide groups is 1. The number of ketones is 1. The van der Waals surface area contributed by atoms with Gasteiger partial charge >= 0.3 is 6.09 Å². The smallest absolute Gasteiger partial charge is 0.417 e. The van der Waals surface area contributed by atoms with Gasteiger partial charge in [0.05, 0.1) is 39.1 Å². The van der Waals surface area contributed by atoms with E-state index in [0.29, 0.717) is 32.0 Å². The minimum absolute atomic E-state index is 0.0356. The normalized spacial score (nSPS) is 23.9. The summed E-state index contributed by atoms with van der Waals surface area (Å²) in [5, 5.41) is 8.66. The second-order valence-corrected chi connectivity index (χ2v) is 7.94. The Morgan fingerprint density at radius 1 is 1.09 bits per heavy atom. The highest BCUT2D eigenvalue weighted by Crippen LogP contribution is 2.33. The molecule has 4 atom stereocenters. The molecule has 1 fully saturated rings. The Balaban J connectivity index is 1.61. The summed E-state index contributed by atoms with van der Waals surface area (Å²) in [6.07, 6.45) is 1.07. The molecule has 0 bridgehead atoms. The standard InChI is InChI=1S/C25H31NO9/c1-17-21(18-7-4-3-5-8-18)35-25(30)26(17)24(29)23(31-2)22-20(28)11-10-19(34-22)9-6-13-32-15-16-33-14-12-27/h3-5,7-11,17,21-23,27H,6,12-16H2,1-2H3. The fourth-order valence-corrected chi connectivity index (χ4v) is 3.84. The molecule has 0 aliphatic carbocycles. The molecule has 1 saturated heterocycles. The largest absolute Gasteiger partial charge is 0.479 e. The van der Waals surface area contributed by atoms with Crippen LogP contribution in [0.3, 0.4) is 0 Å². The van der Waals surface area contributed by atoms with Crippen LogP contribution < -0.4 is 0 Å². The van der Waals surface area contributed by atoms with E-state index < -0.39 is 42.1 Å². The van der Waals surface area contributed by atoms with E-state index in [1.807, 2.05) is 30.3 Å². The van der Waals surface area contributed by atoms with Gasteiger partial charge in [0.25, 0.3) is 5.91 Å². The Hall–Kier alpha value is -3.05. The highest BCUT2D eigenvalue weighted by molar-refractivity contribution is 6.03. The summed E-state index contributed by atoms with van der Waals surface area (Å²) in [5.74, 6) is -0.758. The molecule has 10 heteroatoms. The van der Waals surface area contributed by atoms with Crippen LogP contribution in [0, 0.1) is 0 Å². The number of allylic oxidation sites excluding steroid dienone is 1.